The van der Waals surface area contributed by atoms with E-state index >= 15 is 0 Å². The molecule has 0 spiro atoms. The van der Waals surface area contributed by atoms with Gasteiger partial charge < -0.3 is 10.6 Å². The van der Waals surface area contributed by atoms with Crippen LogP contribution in [0.2, 0.25) is 0 Å². The van der Waals surface area contributed by atoms with E-state index in [2.05, 4.69) is 27.9 Å². The molecule has 110 valence electrons. The van der Waals surface area contributed by atoms with E-state index in [1.807, 2.05) is 0 Å². The number of nitrogens with zero attached hydrogens (tertiary/aromatic N) is 3. The molecule has 0 aromatic carbocycles. The third kappa shape index (κ3) is 2.70. The predicted octanol–water partition coefficient (Wildman–Crippen LogP) is 1.12. The van der Waals surface area contributed by atoms with Crippen LogP contribution in [0.1, 0.15) is 55.6 Å². The largest absolute Gasteiger partial charge is 0.348 e. The standard InChI is InChI=1S/C14H23N5O/c1-2-10-5-3-4-6-12(10)16-14(20)13-9-19(18-17-13)11-7-15-8-11/h9-12,15H,2-8H2,1H3,(H,16,20). The maximum absolute atomic E-state index is 12.3. The third-order valence-electron chi connectivity index (χ3n) is 4.63. The van der Waals surface area contributed by atoms with E-state index in [4.69, 9.17) is 0 Å². The molecule has 1 amide bonds. The molecule has 2 N–H and O–H groups in total. The Hall–Kier alpha value is -1.43. The van der Waals surface area contributed by atoms with Crippen LogP contribution < -0.4 is 10.6 Å². The average molecular weight is 277 g/mol. The average Bonchev–Trinajstić information content (AvgIpc) is 2.87. The van der Waals surface area contributed by atoms with Crippen molar-refractivity contribution in [2.75, 3.05) is 13.1 Å². The van der Waals surface area contributed by atoms with Gasteiger partial charge in [-0.15, -0.1) is 5.10 Å². The summed E-state index contributed by atoms with van der Waals surface area (Å²) in [6.45, 7) is 4.02. The van der Waals surface area contributed by atoms with Crippen LogP contribution in [0.4, 0.5) is 0 Å². The lowest BCUT2D eigenvalue weighted by Crippen LogP contribution is -2.43. The Labute approximate surface area is 119 Å². The van der Waals surface area contributed by atoms with Crippen molar-refractivity contribution in [2.24, 2.45) is 5.92 Å². The van der Waals surface area contributed by atoms with Gasteiger partial charge in [0.15, 0.2) is 5.69 Å². The van der Waals surface area contributed by atoms with Crippen LogP contribution in [-0.2, 0) is 0 Å². The lowest BCUT2D eigenvalue weighted by Gasteiger charge is -2.31. The Kier molecular flexibility index (Phi) is 4.00. The van der Waals surface area contributed by atoms with Gasteiger partial charge in [-0.3, -0.25) is 4.79 Å². The first kappa shape index (κ1) is 13.5. The van der Waals surface area contributed by atoms with Crippen LogP contribution in [0, 0.1) is 5.92 Å². The summed E-state index contributed by atoms with van der Waals surface area (Å²) < 4.78 is 1.80. The maximum atomic E-state index is 12.3. The van der Waals surface area contributed by atoms with Gasteiger partial charge in [-0.1, -0.05) is 31.4 Å². The lowest BCUT2D eigenvalue weighted by molar-refractivity contribution is 0.0899. The minimum absolute atomic E-state index is 0.0751. The number of carbonyl (C=O) groups excluding carboxylic acids is 1. The molecule has 2 atom stereocenters. The van der Waals surface area contributed by atoms with Gasteiger partial charge in [0.25, 0.3) is 5.91 Å². The molecule has 20 heavy (non-hydrogen) atoms. The zero-order valence-corrected chi connectivity index (χ0v) is 12.0. The van der Waals surface area contributed by atoms with Crippen molar-refractivity contribution in [2.45, 2.75) is 51.1 Å². The van der Waals surface area contributed by atoms with Gasteiger partial charge in [-0.05, 0) is 18.8 Å². The molecule has 1 aromatic heterocycles. The van der Waals surface area contributed by atoms with Gasteiger partial charge in [0, 0.05) is 19.1 Å². The number of carbonyl (C=O) groups is 1. The molecule has 0 radical (unpaired) electrons. The van der Waals surface area contributed by atoms with E-state index in [-0.39, 0.29) is 5.91 Å². The number of nitrogens with one attached hydrogen (secondary N) is 2. The van der Waals surface area contributed by atoms with Crippen LogP contribution in [0.25, 0.3) is 0 Å². The molecule has 1 aliphatic heterocycles. The quantitative estimate of drug-likeness (QED) is 0.865. The van der Waals surface area contributed by atoms with Crippen molar-refractivity contribution in [1.82, 2.24) is 25.6 Å². The Morgan fingerprint density at radius 2 is 2.25 bits per heavy atom. The highest BCUT2D eigenvalue weighted by atomic mass is 16.2. The number of aromatic nitrogens is 3. The van der Waals surface area contributed by atoms with E-state index < -0.39 is 0 Å². The van der Waals surface area contributed by atoms with Crippen molar-refractivity contribution in [3.05, 3.63) is 11.9 Å². The van der Waals surface area contributed by atoms with Crippen molar-refractivity contribution >= 4 is 5.91 Å². The molecule has 1 saturated heterocycles. The molecule has 2 unspecified atom stereocenters. The first-order chi connectivity index (χ1) is 9.78. The van der Waals surface area contributed by atoms with Crippen LogP contribution in [0.15, 0.2) is 6.20 Å². The zero-order valence-electron chi connectivity index (χ0n) is 12.0. The second-order valence-electron chi connectivity index (χ2n) is 5.93. The highest BCUT2D eigenvalue weighted by Crippen LogP contribution is 2.26. The molecule has 3 rings (SSSR count). The van der Waals surface area contributed by atoms with E-state index in [0.29, 0.717) is 23.7 Å². The third-order valence-corrected chi connectivity index (χ3v) is 4.63. The van der Waals surface area contributed by atoms with Crippen molar-refractivity contribution in [1.29, 1.82) is 0 Å². The molecule has 1 aromatic rings. The van der Waals surface area contributed by atoms with Crippen molar-refractivity contribution < 1.29 is 4.79 Å². The minimum Gasteiger partial charge on any atom is -0.348 e. The van der Waals surface area contributed by atoms with Gasteiger partial charge in [-0.25, -0.2) is 4.68 Å². The van der Waals surface area contributed by atoms with Crippen molar-refractivity contribution in [3.8, 4) is 0 Å². The smallest absolute Gasteiger partial charge is 0.273 e. The SMILES string of the molecule is CCC1CCCCC1NC(=O)c1cn(C2CNC2)nn1. The van der Waals surface area contributed by atoms with Crippen molar-refractivity contribution in [3.63, 3.8) is 0 Å². The highest BCUT2D eigenvalue weighted by Gasteiger charge is 2.27. The fourth-order valence-corrected chi connectivity index (χ4v) is 3.15. The summed E-state index contributed by atoms with van der Waals surface area (Å²) in [5.74, 6) is 0.535. The Balaban J connectivity index is 1.61. The Morgan fingerprint density at radius 1 is 1.45 bits per heavy atom. The Bertz CT molecular complexity index is 468. The molecule has 6 nitrogen and oxygen atoms in total. The van der Waals surface area contributed by atoms with Gasteiger partial charge in [-0.2, -0.15) is 0 Å². The second-order valence-corrected chi connectivity index (χ2v) is 5.93. The minimum atomic E-state index is -0.0751. The molecule has 0 bridgehead atoms. The van der Waals surface area contributed by atoms with E-state index in [1.165, 1.54) is 19.3 Å². The first-order valence-corrected chi connectivity index (χ1v) is 7.71. The van der Waals surface area contributed by atoms with Gasteiger partial charge in [0.2, 0.25) is 0 Å². The second kappa shape index (κ2) is 5.91. The van der Waals surface area contributed by atoms with E-state index in [1.54, 1.807) is 10.9 Å². The molecular weight excluding hydrogens is 254 g/mol. The highest BCUT2D eigenvalue weighted by molar-refractivity contribution is 5.92. The van der Waals surface area contributed by atoms with E-state index in [0.717, 1.165) is 25.9 Å². The predicted molar refractivity (Wildman–Crippen MR) is 75.4 cm³/mol. The van der Waals surface area contributed by atoms with Gasteiger partial charge >= 0.3 is 0 Å². The first-order valence-electron chi connectivity index (χ1n) is 7.71. The summed E-state index contributed by atoms with van der Waals surface area (Å²) in [7, 11) is 0. The van der Waals surface area contributed by atoms with Gasteiger partial charge in [0.05, 0.1) is 12.2 Å². The fraction of sp³-hybridized carbons (Fsp3) is 0.786. The summed E-state index contributed by atoms with van der Waals surface area (Å²) >= 11 is 0. The summed E-state index contributed by atoms with van der Waals surface area (Å²) in [5.41, 5.74) is 0.442. The summed E-state index contributed by atoms with van der Waals surface area (Å²) in [5, 5.41) is 14.4. The monoisotopic (exact) mass is 277 g/mol. The number of hydrogen-bond acceptors (Lipinski definition) is 4. The molecule has 1 aliphatic carbocycles. The number of rotatable bonds is 4. The van der Waals surface area contributed by atoms with Crippen LogP contribution in [-0.4, -0.2) is 40.0 Å². The zero-order chi connectivity index (χ0) is 13.9. The molecule has 1 saturated carbocycles. The molecule has 6 heteroatoms. The summed E-state index contributed by atoms with van der Waals surface area (Å²) in [6.07, 6.45) is 7.71. The number of hydrogen-bond donors (Lipinski definition) is 2. The fourth-order valence-electron chi connectivity index (χ4n) is 3.15. The molecule has 2 aliphatic rings. The van der Waals surface area contributed by atoms with Gasteiger partial charge in [0.1, 0.15) is 0 Å². The molecule has 2 fully saturated rings. The maximum Gasteiger partial charge on any atom is 0.273 e. The summed E-state index contributed by atoms with van der Waals surface area (Å²) in [4.78, 5) is 12.3. The lowest BCUT2D eigenvalue weighted by atomic mass is 9.83. The topological polar surface area (TPSA) is 71.8 Å². The van der Waals surface area contributed by atoms with Crippen LogP contribution >= 0.6 is 0 Å². The van der Waals surface area contributed by atoms with E-state index in [9.17, 15) is 4.79 Å². The number of amides is 1. The van der Waals surface area contributed by atoms with Crippen LogP contribution in [0.5, 0.6) is 0 Å². The summed E-state index contributed by atoms with van der Waals surface area (Å²) in [6, 6.07) is 0.652. The normalized spacial score (nSPS) is 27.1. The molecular formula is C14H23N5O. The molecule has 2 heterocycles. The van der Waals surface area contributed by atoms with Crippen LogP contribution in [0.3, 0.4) is 0 Å². The Morgan fingerprint density at radius 3 is 2.95 bits per heavy atom.